The van der Waals surface area contributed by atoms with Gasteiger partial charge in [0.25, 0.3) is 0 Å². The molecule has 0 bridgehead atoms. The Kier molecular flexibility index (Phi) is 4.09. The fraction of sp³-hybridized carbons (Fsp3) is 0.250. The molecule has 0 spiro atoms. The van der Waals surface area contributed by atoms with Gasteiger partial charge in [0, 0.05) is 20.3 Å². The van der Waals surface area contributed by atoms with E-state index in [0.717, 1.165) is 12.3 Å². The molecule has 0 unspecified atom stereocenters. The molecule has 0 heterocycles. The maximum Gasteiger partial charge on any atom is 0.220 e. The SMILES string of the molecule is Cc1ccc(F)c(S(=O)(=O)C(C#N)=CN(C)C)c1. The number of nitrogens with zero attached hydrogens (tertiary/aromatic N) is 2. The van der Waals surface area contributed by atoms with Crippen molar-refractivity contribution in [1.29, 1.82) is 5.26 Å². The molecule has 1 rings (SSSR count). The quantitative estimate of drug-likeness (QED) is 0.785. The van der Waals surface area contributed by atoms with E-state index in [9.17, 15) is 12.8 Å². The summed E-state index contributed by atoms with van der Waals surface area (Å²) in [5, 5.41) is 8.89. The summed E-state index contributed by atoms with van der Waals surface area (Å²) < 4.78 is 37.8. The maximum atomic E-state index is 13.6. The molecule has 0 aliphatic carbocycles. The normalized spacial score (nSPS) is 12.1. The average molecular weight is 268 g/mol. The van der Waals surface area contributed by atoms with Crippen LogP contribution >= 0.6 is 0 Å². The lowest BCUT2D eigenvalue weighted by molar-refractivity contribution is 0.555. The number of allylic oxidation sites excluding steroid dienone is 1. The lowest BCUT2D eigenvalue weighted by Gasteiger charge is -2.09. The molecule has 1 aromatic rings. The van der Waals surface area contributed by atoms with Crippen molar-refractivity contribution in [2.24, 2.45) is 0 Å². The van der Waals surface area contributed by atoms with Gasteiger partial charge in [-0.25, -0.2) is 12.8 Å². The van der Waals surface area contributed by atoms with Gasteiger partial charge < -0.3 is 4.90 Å². The zero-order valence-corrected chi connectivity index (χ0v) is 11.1. The lowest BCUT2D eigenvalue weighted by atomic mass is 10.2. The van der Waals surface area contributed by atoms with Gasteiger partial charge in [0.05, 0.1) is 0 Å². The molecule has 96 valence electrons. The summed E-state index contributed by atoms with van der Waals surface area (Å²) in [7, 11) is -0.950. The van der Waals surface area contributed by atoms with Crippen molar-refractivity contribution in [1.82, 2.24) is 4.90 Å². The van der Waals surface area contributed by atoms with E-state index < -0.39 is 25.5 Å². The molecular weight excluding hydrogens is 255 g/mol. The van der Waals surface area contributed by atoms with E-state index in [4.69, 9.17) is 5.26 Å². The Morgan fingerprint density at radius 1 is 1.44 bits per heavy atom. The highest BCUT2D eigenvalue weighted by Crippen LogP contribution is 2.23. The number of nitriles is 1. The molecule has 0 aliphatic heterocycles. The van der Waals surface area contributed by atoms with Crippen LogP contribution in [-0.2, 0) is 9.84 Å². The summed E-state index contributed by atoms with van der Waals surface area (Å²) in [6.07, 6.45) is 1.15. The Hall–Kier alpha value is -1.87. The first-order valence-corrected chi connectivity index (χ1v) is 6.57. The van der Waals surface area contributed by atoms with E-state index in [2.05, 4.69) is 0 Å². The molecule has 0 saturated heterocycles. The van der Waals surface area contributed by atoms with Gasteiger partial charge in [-0.15, -0.1) is 0 Å². The Balaban J connectivity index is 3.47. The van der Waals surface area contributed by atoms with E-state index in [0.29, 0.717) is 5.56 Å². The number of rotatable bonds is 3. The second-order valence-electron chi connectivity index (χ2n) is 4.01. The number of hydrogen-bond donors (Lipinski definition) is 0. The minimum Gasteiger partial charge on any atom is -0.382 e. The topological polar surface area (TPSA) is 61.2 Å². The van der Waals surface area contributed by atoms with Crippen molar-refractivity contribution in [3.05, 3.63) is 40.7 Å². The highest BCUT2D eigenvalue weighted by molar-refractivity contribution is 7.95. The van der Waals surface area contributed by atoms with Crippen LogP contribution in [0.25, 0.3) is 0 Å². The summed E-state index contributed by atoms with van der Waals surface area (Å²) in [6, 6.07) is 5.34. The fourth-order valence-corrected chi connectivity index (χ4v) is 2.70. The van der Waals surface area contributed by atoms with Crippen LogP contribution in [0.4, 0.5) is 4.39 Å². The third-order valence-corrected chi connectivity index (χ3v) is 3.82. The van der Waals surface area contributed by atoms with Crippen molar-refractivity contribution >= 4 is 9.84 Å². The van der Waals surface area contributed by atoms with Crippen molar-refractivity contribution < 1.29 is 12.8 Å². The first-order chi connectivity index (χ1) is 8.28. The molecule has 0 aliphatic rings. The molecule has 0 atom stereocenters. The van der Waals surface area contributed by atoms with Crippen LogP contribution in [0.1, 0.15) is 5.56 Å². The van der Waals surface area contributed by atoms with Crippen molar-refractivity contribution in [2.75, 3.05) is 14.1 Å². The second-order valence-corrected chi connectivity index (χ2v) is 5.89. The predicted molar refractivity (Wildman–Crippen MR) is 65.7 cm³/mol. The molecule has 6 heteroatoms. The molecule has 0 radical (unpaired) electrons. The largest absolute Gasteiger partial charge is 0.382 e. The second kappa shape index (κ2) is 5.19. The molecule has 0 fully saturated rings. The molecule has 0 N–H and O–H groups in total. The molecule has 1 aromatic carbocycles. The summed E-state index contributed by atoms with van der Waals surface area (Å²) in [4.78, 5) is 0.457. The van der Waals surface area contributed by atoms with Crippen LogP contribution in [0.15, 0.2) is 34.2 Å². The van der Waals surface area contributed by atoms with Crippen LogP contribution in [0.2, 0.25) is 0 Å². The van der Waals surface area contributed by atoms with Crippen molar-refractivity contribution in [2.45, 2.75) is 11.8 Å². The highest BCUT2D eigenvalue weighted by atomic mass is 32.2. The van der Waals surface area contributed by atoms with E-state index in [1.165, 1.54) is 17.0 Å². The summed E-state index contributed by atoms with van der Waals surface area (Å²) >= 11 is 0. The van der Waals surface area contributed by atoms with Crippen molar-refractivity contribution in [3.8, 4) is 6.07 Å². The van der Waals surface area contributed by atoms with Crippen LogP contribution in [0, 0.1) is 24.1 Å². The minimum atomic E-state index is -4.12. The Bertz CT molecular complexity index is 628. The lowest BCUT2D eigenvalue weighted by Crippen LogP contribution is -2.11. The monoisotopic (exact) mass is 268 g/mol. The van der Waals surface area contributed by atoms with Crippen LogP contribution in [0.5, 0.6) is 0 Å². The molecule has 18 heavy (non-hydrogen) atoms. The number of hydrogen-bond acceptors (Lipinski definition) is 4. The molecule has 0 amide bonds. The molecule has 0 aromatic heterocycles. The van der Waals surface area contributed by atoms with E-state index in [-0.39, 0.29) is 0 Å². The Labute approximate surface area is 106 Å². The fourth-order valence-electron chi connectivity index (χ4n) is 1.33. The van der Waals surface area contributed by atoms with Gasteiger partial charge in [0.1, 0.15) is 16.8 Å². The van der Waals surface area contributed by atoms with Gasteiger partial charge in [0.2, 0.25) is 9.84 Å². The number of aryl methyl sites for hydroxylation is 1. The van der Waals surface area contributed by atoms with Gasteiger partial charge in [-0.1, -0.05) is 6.07 Å². The molecular formula is C12H13FN2O2S. The zero-order chi connectivity index (χ0) is 13.9. The summed E-state index contributed by atoms with van der Waals surface area (Å²) in [5.74, 6) is -0.861. The zero-order valence-electron chi connectivity index (χ0n) is 10.3. The Morgan fingerprint density at radius 3 is 2.56 bits per heavy atom. The van der Waals surface area contributed by atoms with E-state index in [1.807, 2.05) is 0 Å². The number of halogens is 1. The van der Waals surface area contributed by atoms with E-state index >= 15 is 0 Å². The summed E-state index contributed by atoms with van der Waals surface area (Å²) in [6.45, 7) is 1.65. The Morgan fingerprint density at radius 2 is 2.06 bits per heavy atom. The standard InChI is InChI=1S/C12H13FN2O2S/c1-9-4-5-11(13)12(6-9)18(16,17)10(7-14)8-15(2)3/h4-6,8H,1-3H3. The molecule has 4 nitrogen and oxygen atoms in total. The van der Waals surface area contributed by atoms with Gasteiger partial charge in [-0.3, -0.25) is 0 Å². The van der Waals surface area contributed by atoms with Crippen molar-refractivity contribution in [3.63, 3.8) is 0 Å². The van der Waals surface area contributed by atoms with E-state index in [1.54, 1.807) is 27.1 Å². The minimum absolute atomic E-state index is 0.475. The van der Waals surface area contributed by atoms with Gasteiger partial charge in [0.15, 0.2) is 4.91 Å². The van der Waals surface area contributed by atoms with Crippen LogP contribution < -0.4 is 0 Å². The van der Waals surface area contributed by atoms with Crippen LogP contribution in [-0.4, -0.2) is 27.4 Å². The van der Waals surface area contributed by atoms with Gasteiger partial charge in [-0.2, -0.15) is 5.26 Å². The first kappa shape index (κ1) is 14.2. The smallest absolute Gasteiger partial charge is 0.220 e. The molecule has 0 saturated carbocycles. The predicted octanol–water partition coefficient (Wildman–Crippen LogP) is 1.83. The third kappa shape index (κ3) is 2.87. The van der Waals surface area contributed by atoms with Gasteiger partial charge >= 0.3 is 0 Å². The van der Waals surface area contributed by atoms with Gasteiger partial charge in [-0.05, 0) is 24.6 Å². The highest BCUT2D eigenvalue weighted by Gasteiger charge is 2.24. The first-order valence-electron chi connectivity index (χ1n) is 5.08. The van der Waals surface area contributed by atoms with Crippen LogP contribution in [0.3, 0.4) is 0 Å². The maximum absolute atomic E-state index is 13.6. The number of sulfone groups is 1. The third-order valence-electron chi connectivity index (χ3n) is 2.15. The summed E-state index contributed by atoms with van der Waals surface area (Å²) in [5.41, 5.74) is 0.608. The average Bonchev–Trinajstić information content (AvgIpc) is 2.28. The number of benzene rings is 1.